The normalized spacial score (nSPS) is 27.9. The zero-order chi connectivity index (χ0) is 15.1. The van der Waals surface area contributed by atoms with Gasteiger partial charge >= 0.3 is 0 Å². The van der Waals surface area contributed by atoms with E-state index in [-0.39, 0.29) is 12.3 Å². The van der Waals surface area contributed by atoms with Gasteiger partial charge in [-0.25, -0.2) is 8.78 Å². The minimum Gasteiger partial charge on any atom is -0.586 e. The summed E-state index contributed by atoms with van der Waals surface area (Å²) in [5.74, 6) is -2.49. The Labute approximate surface area is 127 Å². The Balaban J connectivity index is 1.63. The lowest BCUT2D eigenvalue weighted by Gasteiger charge is -2.34. The average Bonchev–Trinajstić information content (AvgIpc) is 3.22. The van der Waals surface area contributed by atoms with Gasteiger partial charge in [0.1, 0.15) is 11.4 Å². The molecule has 0 aromatic heterocycles. The van der Waals surface area contributed by atoms with Gasteiger partial charge in [-0.2, -0.15) is 0 Å². The molecule has 0 aliphatic heterocycles. The van der Waals surface area contributed by atoms with Crippen LogP contribution in [0.15, 0.2) is 33.6 Å². The number of aryl methyl sites for hydroxylation is 1. The van der Waals surface area contributed by atoms with Crippen molar-refractivity contribution in [2.24, 2.45) is 15.7 Å². The van der Waals surface area contributed by atoms with Crippen molar-refractivity contribution in [3.8, 4) is 0 Å². The van der Waals surface area contributed by atoms with Crippen LogP contribution in [0.3, 0.4) is 0 Å². The molecule has 2 nitrogen and oxygen atoms in total. The first-order chi connectivity index (χ1) is 9.92. The van der Waals surface area contributed by atoms with Crippen molar-refractivity contribution in [1.82, 2.24) is 0 Å². The maximum absolute atomic E-state index is 13.8. The molecule has 114 valence electrons. The number of alkyl halides is 2. The molecule has 2 aliphatic rings. The van der Waals surface area contributed by atoms with Gasteiger partial charge in [-0.05, 0) is 50.7 Å². The standard InChI is InChI=1S/C16H19F2NOS/c1-12-2-4-14(5-3-12)21(20)19-11-13-6-7-16(17,18)15(10-13)8-9-15/h2-5,11,13H,6-10H2,1H3. The fourth-order valence-corrected chi connectivity index (χ4v) is 3.86. The van der Waals surface area contributed by atoms with E-state index in [2.05, 4.69) is 4.40 Å². The van der Waals surface area contributed by atoms with E-state index in [1.165, 1.54) is 0 Å². The van der Waals surface area contributed by atoms with Crippen LogP contribution >= 0.6 is 0 Å². The molecule has 0 heterocycles. The topological polar surface area (TPSA) is 35.4 Å². The molecule has 5 heteroatoms. The van der Waals surface area contributed by atoms with Crippen LogP contribution in [0.1, 0.15) is 37.7 Å². The predicted octanol–water partition coefficient (Wildman–Crippen LogP) is 4.30. The lowest BCUT2D eigenvalue weighted by Crippen LogP contribution is -2.37. The number of halogens is 2. The van der Waals surface area contributed by atoms with E-state index >= 15 is 0 Å². The highest BCUT2D eigenvalue weighted by atomic mass is 32.2. The van der Waals surface area contributed by atoms with Crippen LogP contribution in [0.2, 0.25) is 0 Å². The Hall–Kier alpha value is -0.940. The molecule has 2 aliphatic carbocycles. The van der Waals surface area contributed by atoms with Gasteiger partial charge in [0.25, 0.3) is 5.92 Å². The van der Waals surface area contributed by atoms with E-state index in [4.69, 9.17) is 0 Å². The molecule has 0 N–H and O–H groups in total. The smallest absolute Gasteiger partial charge is 0.253 e. The van der Waals surface area contributed by atoms with Crippen molar-refractivity contribution in [1.29, 1.82) is 0 Å². The molecule has 1 aromatic rings. The van der Waals surface area contributed by atoms with Gasteiger partial charge in [0, 0.05) is 11.8 Å². The summed E-state index contributed by atoms with van der Waals surface area (Å²) in [6.45, 7) is 1.97. The Morgan fingerprint density at radius 3 is 2.52 bits per heavy atom. The number of benzene rings is 1. The summed E-state index contributed by atoms with van der Waals surface area (Å²) in [6.07, 6.45) is 3.72. The first-order valence-corrected chi connectivity index (χ1v) is 8.43. The van der Waals surface area contributed by atoms with Gasteiger partial charge < -0.3 is 4.55 Å². The Kier molecular flexibility index (Phi) is 3.82. The monoisotopic (exact) mass is 311 g/mol. The second-order valence-corrected chi connectivity index (χ2v) is 7.48. The maximum atomic E-state index is 13.8. The van der Waals surface area contributed by atoms with Crippen LogP contribution < -0.4 is 0 Å². The molecule has 2 fully saturated rings. The van der Waals surface area contributed by atoms with Crippen molar-refractivity contribution in [3.63, 3.8) is 0 Å². The third kappa shape index (κ3) is 2.99. The summed E-state index contributed by atoms with van der Waals surface area (Å²) < 4.78 is 43.8. The summed E-state index contributed by atoms with van der Waals surface area (Å²) in [7, 11) is 0. The third-order valence-corrected chi connectivity index (χ3v) is 5.69. The fraction of sp³-hybridized carbons (Fsp3) is 0.562. The molecular weight excluding hydrogens is 292 g/mol. The van der Waals surface area contributed by atoms with E-state index in [0.29, 0.717) is 30.6 Å². The molecule has 3 rings (SSSR count). The summed E-state index contributed by atoms with van der Waals surface area (Å²) >= 11 is -1.44. The molecule has 0 amide bonds. The van der Waals surface area contributed by atoms with Crippen LogP contribution in [0, 0.1) is 18.3 Å². The zero-order valence-corrected chi connectivity index (χ0v) is 12.8. The molecule has 0 saturated heterocycles. The predicted molar refractivity (Wildman–Crippen MR) is 80.0 cm³/mol. The summed E-state index contributed by atoms with van der Waals surface area (Å²) in [6, 6.07) is 7.37. The second-order valence-electron chi connectivity index (χ2n) is 6.30. The van der Waals surface area contributed by atoms with Gasteiger partial charge in [0.05, 0.1) is 6.21 Å². The summed E-state index contributed by atoms with van der Waals surface area (Å²) in [5, 5.41) is 0. The quantitative estimate of drug-likeness (QED) is 0.605. The van der Waals surface area contributed by atoms with Crippen LogP contribution in [0.25, 0.3) is 0 Å². The highest BCUT2D eigenvalue weighted by molar-refractivity contribution is 7.90. The van der Waals surface area contributed by atoms with Crippen molar-refractivity contribution in [3.05, 3.63) is 29.8 Å². The fourth-order valence-electron chi connectivity index (χ4n) is 3.09. The van der Waals surface area contributed by atoms with E-state index < -0.39 is 22.7 Å². The molecule has 0 bridgehead atoms. The lowest BCUT2D eigenvalue weighted by molar-refractivity contribution is -0.106. The Morgan fingerprint density at radius 1 is 1.24 bits per heavy atom. The summed E-state index contributed by atoms with van der Waals surface area (Å²) in [5.41, 5.74) is 0.317. The van der Waals surface area contributed by atoms with Crippen molar-refractivity contribution in [2.75, 3.05) is 0 Å². The molecule has 2 unspecified atom stereocenters. The third-order valence-electron chi connectivity index (χ3n) is 4.70. The van der Waals surface area contributed by atoms with E-state index in [0.717, 1.165) is 5.56 Å². The van der Waals surface area contributed by atoms with Gasteiger partial charge in [-0.15, -0.1) is 0 Å². The van der Waals surface area contributed by atoms with Gasteiger partial charge in [0.15, 0.2) is 4.90 Å². The van der Waals surface area contributed by atoms with Crippen LogP contribution in [0.5, 0.6) is 0 Å². The largest absolute Gasteiger partial charge is 0.586 e. The molecule has 0 radical (unpaired) electrons. The molecular formula is C16H19F2NOS. The highest BCUT2D eigenvalue weighted by Gasteiger charge is 2.63. The maximum Gasteiger partial charge on any atom is 0.253 e. The van der Waals surface area contributed by atoms with E-state index in [1.54, 1.807) is 18.3 Å². The average molecular weight is 311 g/mol. The molecule has 1 aromatic carbocycles. The molecule has 2 saturated carbocycles. The van der Waals surface area contributed by atoms with Crippen molar-refractivity contribution < 1.29 is 13.3 Å². The lowest BCUT2D eigenvalue weighted by atomic mass is 9.76. The SMILES string of the molecule is Cc1ccc([S+]([O-])N=CC2CCC(F)(F)C3(CC3)C2)cc1. The van der Waals surface area contributed by atoms with Crippen LogP contribution in [-0.2, 0) is 11.4 Å². The van der Waals surface area contributed by atoms with Crippen LogP contribution in [-0.4, -0.2) is 16.7 Å². The molecule has 1 spiro atoms. The zero-order valence-electron chi connectivity index (χ0n) is 12.0. The minimum atomic E-state index is -2.52. The van der Waals surface area contributed by atoms with Crippen molar-refractivity contribution >= 4 is 17.6 Å². The number of hydrogen-bond acceptors (Lipinski definition) is 2. The first kappa shape index (κ1) is 15.0. The Bertz CT molecular complexity index is 540. The molecule has 2 atom stereocenters. The van der Waals surface area contributed by atoms with Gasteiger partial charge in [-0.3, -0.25) is 0 Å². The van der Waals surface area contributed by atoms with Crippen molar-refractivity contribution in [2.45, 2.75) is 49.8 Å². The number of nitrogens with zero attached hydrogens (tertiary/aromatic N) is 1. The Morgan fingerprint density at radius 2 is 1.90 bits per heavy atom. The van der Waals surface area contributed by atoms with E-state index in [1.807, 2.05) is 19.1 Å². The summed E-state index contributed by atoms with van der Waals surface area (Å²) in [4.78, 5) is 0.652. The molecule has 21 heavy (non-hydrogen) atoms. The van der Waals surface area contributed by atoms with Gasteiger partial charge in [0.2, 0.25) is 0 Å². The van der Waals surface area contributed by atoms with Gasteiger partial charge in [-0.1, -0.05) is 22.1 Å². The van der Waals surface area contributed by atoms with E-state index in [9.17, 15) is 13.3 Å². The first-order valence-electron chi connectivity index (χ1n) is 7.32. The minimum absolute atomic E-state index is 0.0292. The van der Waals surface area contributed by atoms with Crippen LogP contribution in [0.4, 0.5) is 8.78 Å². The number of hydrogen-bond donors (Lipinski definition) is 0. The second kappa shape index (κ2) is 5.36. The number of rotatable bonds is 3. The highest BCUT2D eigenvalue weighted by Crippen LogP contribution is 2.64.